The number of hydrogen-bond acceptors (Lipinski definition) is 3. The molecule has 0 fully saturated rings. The molecule has 0 aliphatic heterocycles. The number of fused-ring (bicyclic) bond motifs is 1. The lowest BCUT2D eigenvalue weighted by Gasteiger charge is -2.26. The highest BCUT2D eigenvalue weighted by Crippen LogP contribution is 2.24. The van der Waals surface area contributed by atoms with Crippen molar-refractivity contribution in [1.82, 2.24) is 9.55 Å². The molecule has 2 aromatic carbocycles. The fourth-order valence-electron chi connectivity index (χ4n) is 2.74. The van der Waals surface area contributed by atoms with Crippen LogP contribution >= 0.6 is 0 Å². The van der Waals surface area contributed by atoms with E-state index in [1.807, 2.05) is 39.0 Å². The van der Waals surface area contributed by atoms with Crippen molar-refractivity contribution in [1.29, 1.82) is 0 Å². The van der Waals surface area contributed by atoms with Crippen molar-refractivity contribution in [2.24, 2.45) is 5.73 Å². The van der Waals surface area contributed by atoms with Gasteiger partial charge >= 0.3 is 0 Å². The van der Waals surface area contributed by atoms with Crippen LogP contribution in [0.15, 0.2) is 47.3 Å². The first-order chi connectivity index (χ1) is 11.3. The van der Waals surface area contributed by atoms with E-state index in [1.54, 1.807) is 18.2 Å². The first kappa shape index (κ1) is 16.3. The third kappa shape index (κ3) is 2.61. The van der Waals surface area contributed by atoms with Crippen molar-refractivity contribution >= 4 is 10.9 Å². The van der Waals surface area contributed by atoms with Crippen molar-refractivity contribution in [2.75, 3.05) is 0 Å². The standard InChI is InChI=1S/C19H20FN3O/c1-4-19(3,21)18-22-15-10-6-9-14(20)16(15)17(24)23(18)13-8-5-7-12(2)11-13/h5-11H,4,21H2,1-3H3/t19-/m1/s1. The number of rotatable bonds is 3. The lowest BCUT2D eigenvalue weighted by Crippen LogP contribution is -2.40. The zero-order valence-electron chi connectivity index (χ0n) is 14.0. The molecule has 3 rings (SSSR count). The third-order valence-electron chi connectivity index (χ3n) is 4.35. The Balaban J connectivity index is 2.49. The van der Waals surface area contributed by atoms with Crippen LogP contribution in [0.1, 0.15) is 31.7 Å². The molecule has 124 valence electrons. The van der Waals surface area contributed by atoms with Crippen LogP contribution in [0.3, 0.4) is 0 Å². The SMILES string of the molecule is CC[C@@](C)(N)c1nc2cccc(F)c2c(=O)n1-c1cccc(C)c1. The van der Waals surface area contributed by atoms with E-state index < -0.39 is 16.9 Å². The van der Waals surface area contributed by atoms with Gasteiger partial charge in [0.2, 0.25) is 0 Å². The van der Waals surface area contributed by atoms with Gasteiger partial charge in [-0.3, -0.25) is 9.36 Å². The second-order valence-electron chi connectivity index (χ2n) is 6.32. The molecule has 0 saturated heterocycles. The number of hydrogen-bond donors (Lipinski definition) is 1. The summed E-state index contributed by atoms with van der Waals surface area (Å²) in [5, 5.41) is -0.0188. The predicted octanol–water partition coefficient (Wildman–Crippen LogP) is 3.42. The third-order valence-corrected chi connectivity index (χ3v) is 4.35. The molecule has 0 spiro atoms. The van der Waals surface area contributed by atoms with Crippen LogP contribution in [0.5, 0.6) is 0 Å². The average Bonchev–Trinajstić information content (AvgIpc) is 2.54. The molecule has 4 nitrogen and oxygen atoms in total. The minimum atomic E-state index is -0.816. The fourth-order valence-corrected chi connectivity index (χ4v) is 2.74. The van der Waals surface area contributed by atoms with Crippen molar-refractivity contribution in [3.05, 3.63) is 70.0 Å². The first-order valence-corrected chi connectivity index (χ1v) is 7.93. The van der Waals surface area contributed by atoms with Gasteiger partial charge in [-0.15, -0.1) is 0 Å². The highest BCUT2D eigenvalue weighted by Gasteiger charge is 2.27. The summed E-state index contributed by atoms with van der Waals surface area (Å²) in [7, 11) is 0. The molecule has 5 heteroatoms. The van der Waals surface area contributed by atoms with E-state index >= 15 is 0 Å². The lowest BCUT2D eigenvalue weighted by atomic mass is 9.98. The highest BCUT2D eigenvalue weighted by molar-refractivity contribution is 5.78. The maximum Gasteiger partial charge on any atom is 0.269 e. The fraction of sp³-hybridized carbons (Fsp3) is 0.263. The normalized spacial score (nSPS) is 13.9. The van der Waals surface area contributed by atoms with Gasteiger partial charge in [-0.05, 0) is 50.1 Å². The molecule has 0 amide bonds. The number of benzene rings is 2. The Morgan fingerprint density at radius 3 is 2.62 bits per heavy atom. The largest absolute Gasteiger partial charge is 0.319 e. The zero-order chi connectivity index (χ0) is 17.5. The average molecular weight is 325 g/mol. The van der Waals surface area contributed by atoms with Crippen LogP contribution < -0.4 is 11.3 Å². The molecule has 0 unspecified atom stereocenters. The van der Waals surface area contributed by atoms with Crippen LogP contribution in [-0.2, 0) is 5.54 Å². The van der Waals surface area contributed by atoms with Crippen molar-refractivity contribution in [2.45, 2.75) is 32.7 Å². The van der Waals surface area contributed by atoms with Gasteiger partial charge in [0.15, 0.2) is 0 Å². The molecule has 2 N–H and O–H groups in total. The second kappa shape index (κ2) is 5.83. The Labute approximate surface area is 139 Å². The van der Waals surface area contributed by atoms with Gasteiger partial charge in [0, 0.05) is 0 Å². The molecule has 0 radical (unpaired) electrons. The molecule has 0 aliphatic carbocycles. The van der Waals surface area contributed by atoms with Gasteiger partial charge in [0.25, 0.3) is 5.56 Å². The quantitative estimate of drug-likeness (QED) is 0.802. The summed E-state index contributed by atoms with van der Waals surface area (Å²) in [6, 6.07) is 11.9. The monoisotopic (exact) mass is 325 g/mol. The van der Waals surface area contributed by atoms with E-state index in [-0.39, 0.29) is 5.39 Å². The second-order valence-corrected chi connectivity index (χ2v) is 6.32. The molecule has 0 aliphatic rings. The van der Waals surface area contributed by atoms with Gasteiger partial charge in [-0.25, -0.2) is 9.37 Å². The number of aromatic nitrogens is 2. The predicted molar refractivity (Wildman–Crippen MR) is 93.9 cm³/mol. The maximum absolute atomic E-state index is 14.2. The Morgan fingerprint density at radius 2 is 1.96 bits per heavy atom. The summed E-state index contributed by atoms with van der Waals surface area (Å²) < 4.78 is 15.7. The van der Waals surface area contributed by atoms with E-state index in [4.69, 9.17) is 5.73 Å². The number of nitrogens with two attached hydrogens (primary N) is 1. The Kier molecular flexibility index (Phi) is 3.97. The summed E-state index contributed by atoms with van der Waals surface area (Å²) in [6.07, 6.45) is 0.589. The van der Waals surface area contributed by atoms with Crippen molar-refractivity contribution in [3.8, 4) is 5.69 Å². The highest BCUT2D eigenvalue weighted by atomic mass is 19.1. The van der Waals surface area contributed by atoms with E-state index in [2.05, 4.69) is 4.98 Å². The first-order valence-electron chi connectivity index (χ1n) is 7.93. The molecular formula is C19H20FN3O. The Hall–Kier alpha value is -2.53. The van der Waals surface area contributed by atoms with E-state index in [0.29, 0.717) is 23.4 Å². The number of nitrogens with zero attached hydrogens (tertiary/aromatic N) is 2. The minimum absolute atomic E-state index is 0.0188. The summed E-state index contributed by atoms with van der Waals surface area (Å²) in [6.45, 7) is 5.69. The molecule has 3 aromatic rings. The van der Waals surface area contributed by atoms with Crippen molar-refractivity contribution < 1.29 is 4.39 Å². The Morgan fingerprint density at radius 1 is 1.25 bits per heavy atom. The lowest BCUT2D eigenvalue weighted by molar-refractivity contribution is 0.433. The summed E-state index contributed by atoms with van der Waals surface area (Å²) in [5.41, 5.74) is 7.09. The molecule has 0 saturated carbocycles. The van der Waals surface area contributed by atoms with Crippen LogP contribution in [-0.4, -0.2) is 9.55 Å². The smallest absolute Gasteiger partial charge is 0.269 e. The molecule has 1 heterocycles. The topological polar surface area (TPSA) is 60.9 Å². The zero-order valence-corrected chi connectivity index (χ0v) is 14.0. The summed E-state index contributed by atoms with van der Waals surface area (Å²) >= 11 is 0. The van der Waals surface area contributed by atoms with Gasteiger partial charge in [-0.2, -0.15) is 0 Å². The van der Waals surface area contributed by atoms with Crippen LogP contribution in [0.2, 0.25) is 0 Å². The van der Waals surface area contributed by atoms with E-state index in [9.17, 15) is 9.18 Å². The van der Waals surface area contributed by atoms with Crippen LogP contribution in [0, 0.1) is 12.7 Å². The van der Waals surface area contributed by atoms with Crippen LogP contribution in [0.25, 0.3) is 16.6 Å². The number of aryl methyl sites for hydroxylation is 1. The van der Waals surface area contributed by atoms with Gasteiger partial charge < -0.3 is 5.73 Å². The van der Waals surface area contributed by atoms with Gasteiger partial charge in [0.05, 0.1) is 16.7 Å². The minimum Gasteiger partial charge on any atom is -0.319 e. The molecular weight excluding hydrogens is 305 g/mol. The summed E-state index contributed by atoms with van der Waals surface area (Å²) in [4.78, 5) is 17.6. The van der Waals surface area contributed by atoms with Crippen LogP contribution in [0.4, 0.5) is 4.39 Å². The van der Waals surface area contributed by atoms with Gasteiger partial charge in [0.1, 0.15) is 17.0 Å². The molecule has 1 atom stereocenters. The molecule has 1 aromatic heterocycles. The molecule has 24 heavy (non-hydrogen) atoms. The molecule has 0 bridgehead atoms. The van der Waals surface area contributed by atoms with Crippen molar-refractivity contribution in [3.63, 3.8) is 0 Å². The van der Waals surface area contributed by atoms with E-state index in [1.165, 1.54) is 10.6 Å². The van der Waals surface area contributed by atoms with Gasteiger partial charge in [-0.1, -0.05) is 25.1 Å². The maximum atomic E-state index is 14.2. The Bertz CT molecular complexity index is 976. The number of halogens is 1. The summed E-state index contributed by atoms with van der Waals surface area (Å²) in [5.74, 6) is -0.146. The van der Waals surface area contributed by atoms with E-state index in [0.717, 1.165) is 5.56 Å².